The van der Waals surface area contributed by atoms with Crippen LogP contribution in [0.25, 0.3) is 0 Å². The van der Waals surface area contributed by atoms with E-state index in [1.807, 2.05) is 0 Å². The maximum absolute atomic E-state index is 5.98. The second-order valence-electron chi connectivity index (χ2n) is 4.76. The molecular formula is C15H24IN3O. The van der Waals surface area contributed by atoms with Gasteiger partial charge in [0.2, 0.25) is 0 Å². The topological polar surface area (TPSA) is 50.8 Å². The largest absolute Gasteiger partial charge is 0.378 e. The Morgan fingerprint density at radius 2 is 1.80 bits per heavy atom. The third-order valence-corrected chi connectivity index (χ3v) is 3.44. The molecule has 0 spiro atoms. The number of benzene rings is 1. The normalized spacial score (nSPS) is 15.8. The number of ether oxygens (including phenoxy) is 1. The van der Waals surface area contributed by atoms with Crippen molar-refractivity contribution in [2.45, 2.75) is 19.8 Å². The minimum Gasteiger partial charge on any atom is -0.378 e. The zero-order valence-electron chi connectivity index (χ0n) is 12.0. The summed E-state index contributed by atoms with van der Waals surface area (Å²) in [6.07, 6.45) is 2.03. The molecule has 1 heterocycles. The zero-order valence-corrected chi connectivity index (χ0v) is 14.4. The van der Waals surface area contributed by atoms with Crippen LogP contribution in [0.3, 0.4) is 0 Å². The predicted molar refractivity (Wildman–Crippen MR) is 93.8 cm³/mol. The van der Waals surface area contributed by atoms with E-state index in [2.05, 4.69) is 41.1 Å². The molecule has 2 rings (SSSR count). The molecule has 20 heavy (non-hydrogen) atoms. The monoisotopic (exact) mass is 389 g/mol. The molecule has 1 fully saturated rings. The van der Waals surface area contributed by atoms with Gasteiger partial charge < -0.3 is 15.4 Å². The number of hydrogen-bond donors (Lipinski definition) is 1. The van der Waals surface area contributed by atoms with Gasteiger partial charge in [-0.05, 0) is 24.0 Å². The second-order valence-corrected chi connectivity index (χ2v) is 4.76. The van der Waals surface area contributed by atoms with Gasteiger partial charge in [-0.2, -0.15) is 0 Å². The molecule has 0 radical (unpaired) electrons. The van der Waals surface area contributed by atoms with Crippen molar-refractivity contribution in [1.82, 2.24) is 4.90 Å². The number of nitrogens with zero attached hydrogens (tertiary/aromatic N) is 2. The summed E-state index contributed by atoms with van der Waals surface area (Å²) in [4.78, 5) is 6.54. The summed E-state index contributed by atoms with van der Waals surface area (Å²) in [5.74, 6) is 0.647. The van der Waals surface area contributed by atoms with Gasteiger partial charge in [0.05, 0.1) is 13.2 Å². The highest BCUT2D eigenvalue weighted by molar-refractivity contribution is 14.0. The summed E-state index contributed by atoms with van der Waals surface area (Å²) in [5, 5.41) is 0. The van der Waals surface area contributed by atoms with Crippen molar-refractivity contribution in [2.75, 3.05) is 32.8 Å². The lowest BCUT2D eigenvalue weighted by atomic mass is 10.1. The molecule has 2 N–H and O–H groups in total. The fourth-order valence-corrected chi connectivity index (χ4v) is 2.13. The van der Waals surface area contributed by atoms with Crippen LogP contribution in [-0.4, -0.2) is 43.7 Å². The van der Waals surface area contributed by atoms with Crippen molar-refractivity contribution < 1.29 is 4.74 Å². The molecule has 1 aromatic carbocycles. The van der Waals surface area contributed by atoms with E-state index in [1.54, 1.807) is 0 Å². The highest BCUT2D eigenvalue weighted by Gasteiger charge is 2.11. The lowest BCUT2D eigenvalue weighted by molar-refractivity contribution is 0.0674. The van der Waals surface area contributed by atoms with Crippen LogP contribution in [0.15, 0.2) is 29.3 Å². The molecule has 1 aromatic rings. The lowest BCUT2D eigenvalue weighted by Gasteiger charge is -2.27. The van der Waals surface area contributed by atoms with Crippen molar-refractivity contribution >= 4 is 29.9 Å². The summed E-state index contributed by atoms with van der Waals surface area (Å²) in [7, 11) is 0. The van der Waals surface area contributed by atoms with Crippen LogP contribution in [0.1, 0.15) is 18.1 Å². The van der Waals surface area contributed by atoms with Gasteiger partial charge in [-0.25, -0.2) is 0 Å². The van der Waals surface area contributed by atoms with Gasteiger partial charge in [-0.3, -0.25) is 4.99 Å². The quantitative estimate of drug-likeness (QED) is 0.487. The third kappa shape index (κ3) is 5.28. The Balaban J connectivity index is 0.00000200. The first-order valence-corrected chi connectivity index (χ1v) is 7.00. The van der Waals surface area contributed by atoms with Crippen LogP contribution in [0.2, 0.25) is 0 Å². The molecule has 0 saturated carbocycles. The first kappa shape index (κ1) is 17.2. The molecule has 112 valence electrons. The molecule has 1 aliphatic heterocycles. The van der Waals surface area contributed by atoms with E-state index < -0.39 is 0 Å². The number of nitrogens with two attached hydrogens (primary N) is 1. The molecule has 4 nitrogen and oxygen atoms in total. The maximum atomic E-state index is 5.98. The first-order chi connectivity index (χ1) is 9.29. The van der Waals surface area contributed by atoms with Gasteiger partial charge in [0, 0.05) is 19.6 Å². The van der Waals surface area contributed by atoms with Crippen molar-refractivity contribution in [3.63, 3.8) is 0 Å². The van der Waals surface area contributed by atoms with Crippen LogP contribution in [0.4, 0.5) is 0 Å². The minimum atomic E-state index is 0. The van der Waals surface area contributed by atoms with Crippen molar-refractivity contribution in [3.05, 3.63) is 35.4 Å². The molecule has 0 aromatic heterocycles. The van der Waals surface area contributed by atoms with Crippen LogP contribution in [0.5, 0.6) is 0 Å². The van der Waals surface area contributed by atoms with Crippen LogP contribution in [-0.2, 0) is 17.6 Å². The van der Waals surface area contributed by atoms with E-state index in [1.165, 1.54) is 11.1 Å². The van der Waals surface area contributed by atoms with E-state index in [0.29, 0.717) is 5.96 Å². The first-order valence-electron chi connectivity index (χ1n) is 7.00. The number of guanidine groups is 1. The second kappa shape index (κ2) is 9.18. The minimum absolute atomic E-state index is 0. The highest BCUT2D eigenvalue weighted by Crippen LogP contribution is 2.06. The van der Waals surface area contributed by atoms with E-state index in [9.17, 15) is 0 Å². The smallest absolute Gasteiger partial charge is 0.191 e. The average Bonchev–Trinajstić information content (AvgIpc) is 2.49. The number of morpholine rings is 1. The van der Waals surface area contributed by atoms with Crippen LogP contribution in [0, 0.1) is 0 Å². The summed E-state index contributed by atoms with van der Waals surface area (Å²) < 4.78 is 5.29. The van der Waals surface area contributed by atoms with Crippen LogP contribution >= 0.6 is 24.0 Å². The maximum Gasteiger partial charge on any atom is 0.191 e. The molecule has 0 atom stereocenters. The average molecular weight is 389 g/mol. The number of aryl methyl sites for hydroxylation is 1. The van der Waals surface area contributed by atoms with Crippen molar-refractivity contribution in [1.29, 1.82) is 0 Å². The summed E-state index contributed by atoms with van der Waals surface area (Å²) in [6.45, 7) is 6.10. The van der Waals surface area contributed by atoms with E-state index in [0.717, 1.165) is 45.7 Å². The van der Waals surface area contributed by atoms with Crippen molar-refractivity contribution in [3.8, 4) is 0 Å². The molecule has 1 saturated heterocycles. The van der Waals surface area contributed by atoms with E-state index >= 15 is 0 Å². The van der Waals surface area contributed by atoms with Gasteiger partial charge >= 0.3 is 0 Å². The summed E-state index contributed by atoms with van der Waals surface area (Å²) in [5.41, 5.74) is 8.67. The number of hydrogen-bond acceptors (Lipinski definition) is 2. The van der Waals surface area contributed by atoms with Gasteiger partial charge in [0.1, 0.15) is 0 Å². The Labute approximate surface area is 138 Å². The van der Waals surface area contributed by atoms with Gasteiger partial charge in [-0.15, -0.1) is 24.0 Å². The third-order valence-electron chi connectivity index (χ3n) is 3.44. The Kier molecular flexibility index (Phi) is 7.91. The fourth-order valence-electron chi connectivity index (χ4n) is 2.13. The molecule has 0 aliphatic carbocycles. The number of aliphatic imine (C=N–C) groups is 1. The predicted octanol–water partition coefficient (Wildman–Crippen LogP) is 2.06. The molecule has 0 unspecified atom stereocenters. The fraction of sp³-hybridized carbons (Fsp3) is 0.533. The standard InChI is InChI=1S/C15H23N3O.HI/c1-2-13-3-5-14(6-4-13)7-8-17-15(16)18-9-11-19-12-10-18;/h3-6H,2,7-12H2,1H3,(H2,16,17);1H. The Hall–Kier alpha value is -0.820. The lowest BCUT2D eigenvalue weighted by Crippen LogP contribution is -2.44. The van der Waals surface area contributed by atoms with E-state index in [4.69, 9.17) is 10.5 Å². The number of halogens is 1. The SMILES string of the molecule is CCc1ccc(CCN=C(N)N2CCOCC2)cc1.I. The summed E-state index contributed by atoms with van der Waals surface area (Å²) >= 11 is 0. The summed E-state index contributed by atoms with van der Waals surface area (Å²) in [6, 6.07) is 8.73. The van der Waals surface area contributed by atoms with E-state index in [-0.39, 0.29) is 24.0 Å². The molecular weight excluding hydrogens is 365 g/mol. The molecule has 0 bridgehead atoms. The number of rotatable bonds is 4. The van der Waals surface area contributed by atoms with Crippen LogP contribution < -0.4 is 5.73 Å². The molecule has 1 aliphatic rings. The Morgan fingerprint density at radius 3 is 2.40 bits per heavy atom. The van der Waals surface area contributed by atoms with Gasteiger partial charge in [-0.1, -0.05) is 31.2 Å². The molecule has 5 heteroatoms. The van der Waals surface area contributed by atoms with Gasteiger partial charge in [0.25, 0.3) is 0 Å². The van der Waals surface area contributed by atoms with Gasteiger partial charge in [0.15, 0.2) is 5.96 Å². The highest BCUT2D eigenvalue weighted by atomic mass is 127. The van der Waals surface area contributed by atoms with Crippen molar-refractivity contribution in [2.24, 2.45) is 10.7 Å². The molecule has 0 amide bonds. The zero-order chi connectivity index (χ0) is 13.5. The Bertz CT molecular complexity index is 414. The Morgan fingerprint density at radius 1 is 1.20 bits per heavy atom.